The van der Waals surface area contributed by atoms with E-state index in [1.54, 1.807) is 44.6 Å². The van der Waals surface area contributed by atoms with Crippen LogP contribution in [-0.2, 0) is 4.79 Å². The van der Waals surface area contributed by atoms with E-state index in [-0.39, 0.29) is 23.1 Å². The van der Waals surface area contributed by atoms with Crippen molar-refractivity contribution in [2.24, 2.45) is 0 Å². The van der Waals surface area contributed by atoms with Gasteiger partial charge in [-0.2, -0.15) is 0 Å². The van der Waals surface area contributed by atoms with Crippen LogP contribution in [0.2, 0.25) is 5.02 Å². The number of carboxylic acid groups (broad SMARTS) is 1. The summed E-state index contributed by atoms with van der Waals surface area (Å²) in [6.45, 7) is 0. The van der Waals surface area contributed by atoms with Gasteiger partial charge in [-0.1, -0.05) is 35.9 Å². The SMILES string of the molecule is COc1cccc(C2CC(=O)Nc3c2sc(C(=O)O)c3-c2ccc(Cl)cc2)c1OC. The van der Waals surface area contributed by atoms with Gasteiger partial charge in [-0.05, 0) is 23.8 Å². The average Bonchev–Trinajstić information content (AvgIpc) is 3.12. The lowest BCUT2D eigenvalue weighted by Crippen LogP contribution is -2.22. The number of para-hydroxylation sites is 1. The minimum Gasteiger partial charge on any atom is -0.493 e. The quantitative estimate of drug-likeness (QED) is 0.562. The van der Waals surface area contributed by atoms with Crippen LogP contribution in [0.3, 0.4) is 0 Å². The fourth-order valence-electron chi connectivity index (χ4n) is 3.77. The summed E-state index contributed by atoms with van der Waals surface area (Å²) in [5.41, 5.74) is 2.45. The number of ether oxygens (including phenoxy) is 2. The molecule has 8 heteroatoms. The average molecular weight is 444 g/mol. The largest absolute Gasteiger partial charge is 0.493 e. The molecule has 2 heterocycles. The number of carbonyl (C=O) groups excluding carboxylic acids is 1. The van der Waals surface area contributed by atoms with E-state index in [0.717, 1.165) is 21.8 Å². The Bertz CT molecular complexity index is 1140. The lowest BCUT2D eigenvalue weighted by Gasteiger charge is -2.25. The molecule has 0 spiro atoms. The fourth-order valence-corrected chi connectivity index (χ4v) is 5.13. The number of hydrogen-bond acceptors (Lipinski definition) is 5. The van der Waals surface area contributed by atoms with E-state index in [0.29, 0.717) is 33.3 Å². The number of benzene rings is 2. The first-order valence-corrected chi connectivity index (χ1v) is 10.3. The molecule has 0 fully saturated rings. The molecule has 0 radical (unpaired) electrons. The van der Waals surface area contributed by atoms with Crippen LogP contribution in [0.5, 0.6) is 11.5 Å². The zero-order valence-electron chi connectivity index (χ0n) is 16.2. The van der Waals surface area contributed by atoms with Crippen LogP contribution in [-0.4, -0.2) is 31.2 Å². The number of nitrogens with one attached hydrogen (secondary N) is 1. The molecule has 1 aromatic heterocycles. The third kappa shape index (κ3) is 3.40. The summed E-state index contributed by atoms with van der Waals surface area (Å²) in [6.07, 6.45) is 0.177. The summed E-state index contributed by atoms with van der Waals surface area (Å²) in [6, 6.07) is 12.4. The highest BCUT2D eigenvalue weighted by Crippen LogP contribution is 2.51. The van der Waals surface area contributed by atoms with Crippen molar-refractivity contribution < 1.29 is 24.2 Å². The maximum atomic E-state index is 12.6. The van der Waals surface area contributed by atoms with Gasteiger partial charge in [0.05, 0.1) is 19.9 Å². The molecule has 154 valence electrons. The minimum absolute atomic E-state index is 0.163. The number of rotatable bonds is 5. The predicted molar refractivity (Wildman–Crippen MR) is 116 cm³/mol. The highest BCUT2D eigenvalue weighted by molar-refractivity contribution is 7.15. The number of carboxylic acids is 1. The van der Waals surface area contributed by atoms with Gasteiger partial charge in [0.15, 0.2) is 11.5 Å². The van der Waals surface area contributed by atoms with Crippen molar-refractivity contribution in [3.63, 3.8) is 0 Å². The van der Waals surface area contributed by atoms with Gasteiger partial charge in [-0.25, -0.2) is 4.79 Å². The molecule has 0 aliphatic carbocycles. The van der Waals surface area contributed by atoms with E-state index in [2.05, 4.69) is 5.32 Å². The summed E-state index contributed by atoms with van der Waals surface area (Å²) >= 11 is 7.16. The molecule has 0 bridgehead atoms. The summed E-state index contributed by atoms with van der Waals surface area (Å²) in [7, 11) is 3.09. The molecule has 6 nitrogen and oxygen atoms in total. The molecule has 30 heavy (non-hydrogen) atoms. The van der Waals surface area contributed by atoms with E-state index >= 15 is 0 Å². The zero-order chi connectivity index (χ0) is 21.4. The van der Waals surface area contributed by atoms with Crippen LogP contribution < -0.4 is 14.8 Å². The van der Waals surface area contributed by atoms with Crippen LogP contribution in [0.4, 0.5) is 5.69 Å². The molecule has 1 amide bonds. The molecule has 1 atom stereocenters. The Balaban J connectivity index is 1.95. The number of fused-ring (bicyclic) bond motifs is 1. The van der Waals surface area contributed by atoms with E-state index < -0.39 is 5.97 Å². The molecule has 2 N–H and O–H groups in total. The fraction of sp³-hybridized carbons (Fsp3) is 0.182. The summed E-state index contributed by atoms with van der Waals surface area (Å²) < 4.78 is 11.0. The number of hydrogen-bond donors (Lipinski definition) is 2. The van der Waals surface area contributed by atoms with Crippen molar-refractivity contribution in [1.29, 1.82) is 0 Å². The van der Waals surface area contributed by atoms with Crippen LogP contribution in [0.25, 0.3) is 11.1 Å². The van der Waals surface area contributed by atoms with Gasteiger partial charge in [0, 0.05) is 33.4 Å². The highest BCUT2D eigenvalue weighted by Gasteiger charge is 2.36. The smallest absolute Gasteiger partial charge is 0.346 e. The molecular formula is C22H18ClNO5S. The Morgan fingerprint density at radius 2 is 1.90 bits per heavy atom. The lowest BCUT2D eigenvalue weighted by molar-refractivity contribution is -0.116. The Morgan fingerprint density at radius 1 is 1.17 bits per heavy atom. The van der Waals surface area contributed by atoms with E-state index in [1.165, 1.54) is 0 Å². The monoisotopic (exact) mass is 443 g/mol. The molecule has 0 saturated carbocycles. The zero-order valence-corrected chi connectivity index (χ0v) is 17.8. The van der Waals surface area contributed by atoms with E-state index in [9.17, 15) is 14.7 Å². The molecule has 4 rings (SSSR count). The van der Waals surface area contributed by atoms with Crippen molar-refractivity contribution >= 4 is 40.5 Å². The molecule has 1 aliphatic rings. The first-order chi connectivity index (χ1) is 14.4. The normalized spacial score (nSPS) is 15.3. The van der Waals surface area contributed by atoms with E-state index in [1.807, 2.05) is 12.1 Å². The van der Waals surface area contributed by atoms with Crippen molar-refractivity contribution in [3.8, 4) is 22.6 Å². The van der Waals surface area contributed by atoms with Gasteiger partial charge < -0.3 is 19.9 Å². The number of carbonyl (C=O) groups is 2. The Morgan fingerprint density at radius 3 is 2.53 bits per heavy atom. The lowest BCUT2D eigenvalue weighted by atomic mass is 9.88. The second kappa shape index (κ2) is 8.01. The number of aromatic carboxylic acids is 1. The number of halogens is 1. The Kier molecular flexibility index (Phi) is 5.40. The van der Waals surface area contributed by atoms with Gasteiger partial charge in [0.2, 0.25) is 5.91 Å². The van der Waals surface area contributed by atoms with Crippen molar-refractivity contribution in [1.82, 2.24) is 0 Å². The van der Waals surface area contributed by atoms with Crippen molar-refractivity contribution in [2.75, 3.05) is 19.5 Å². The van der Waals surface area contributed by atoms with Crippen LogP contribution in [0.1, 0.15) is 32.5 Å². The minimum atomic E-state index is -1.05. The van der Waals surface area contributed by atoms with Crippen LogP contribution in [0, 0.1) is 0 Å². The predicted octanol–water partition coefficient (Wildman–Crippen LogP) is 5.26. The third-order valence-corrected chi connectivity index (χ3v) is 6.59. The maximum Gasteiger partial charge on any atom is 0.346 e. The van der Waals surface area contributed by atoms with Gasteiger partial charge in [0.1, 0.15) is 4.88 Å². The number of methoxy groups -OCH3 is 2. The molecule has 1 unspecified atom stereocenters. The molecule has 2 aromatic carbocycles. The van der Waals surface area contributed by atoms with Gasteiger partial charge in [-0.3, -0.25) is 4.79 Å². The van der Waals surface area contributed by atoms with Crippen molar-refractivity contribution in [3.05, 3.63) is 62.8 Å². The first kappa shape index (κ1) is 20.3. The Labute approximate surface area is 182 Å². The summed E-state index contributed by atoms with van der Waals surface area (Å²) in [5.74, 6) is -0.519. The van der Waals surface area contributed by atoms with E-state index in [4.69, 9.17) is 21.1 Å². The third-order valence-electron chi connectivity index (χ3n) is 5.04. The summed E-state index contributed by atoms with van der Waals surface area (Å²) in [5, 5.41) is 13.3. The van der Waals surface area contributed by atoms with Crippen LogP contribution in [0.15, 0.2) is 42.5 Å². The maximum absolute atomic E-state index is 12.6. The second-order valence-electron chi connectivity index (χ2n) is 6.75. The van der Waals surface area contributed by atoms with Crippen molar-refractivity contribution in [2.45, 2.75) is 12.3 Å². The number of amides is 1. The van der Waals surface area contributed by atoms with Gasteiger partial charge in [-0.15, -0.1) is 11.3 Å². The number of anilines is 1. The van der Waals surface area contributed by atoms with Crippen LogP contribution >= 0.6 is 22.9 Å². The Hall–Kier alpha value is -3.03. The van der Waals surface area contributed by atoms with Gasteiger partial charge >= 0.3 is 5.97 Å². The molecule has 1 aliphatic heterocycles. The number of thiophene rings is 1. The topological polar surface area (TPSA) is 84.9 Å². The second-order valence-corrected chi connectivity index (χ2v) is 8.23. The molecule has 0 saturated heterocycles. The molecule has 3 aromatic rings. The standard InChI is InChI=1S/C22H18ClNO5S/c1-28-15-5-3-4-13(19(15)29-2)14-10-16(25)24-18-17(11-6-8-12(23)9-7-11)21(22(26)27)30-20(14)18/h3-9,14H,10H2,1-2H3,(H,24,25)(H,26,27). The highest BCUT2D eigenvalue weighted by atomic mass is 35.5. The van der Waals surface area contributed by atoms with Gasteiger partial charge in [0.25, 0.3) is 0 Å². The molecular weight excluding hydrogens is 426 g/mol. The first-order valence-electron chi connectivity index (χ1n) is 9.11. The summed E-state index contributed by atoms with van der Waals surface area (Å²) in [4.78, 5) is 25.6.